The molecule has 2 aromatic rings. The van der Waals surface area contributed by atoms with Crippen LogP contribution in [0.15, 0.2) is 28.6 Å². The molecule has 1 aromatic heterocycles. The third-order valence-electron chi connectivity index (χ3n) is 4.36. The van der Waals surface area contributed by atoms with Crippen molar-refractivity contribution in [1.29, 1.82) is 0 Å². The molecule has 0 N–H and O–H groups in total. The van der Waals surface area contributed by atoms with Gasteiger partial charge in [-0.3, -0.25) is 4.79 Å². The molecular formula is C17H21FN4OS3. The molecular weight excluding hydrogens is 391 g/mol. The van der Waals surface area contributed by atoms with E-state index >= 15 is 0 Å². The van der Waals surface area contributed by atoms with Crippen molar-refractivity contribution in [2.75, 3.05) is 32.7 Å². The minimum atomic E-state index is -0.299. The van der Waals surface area contributed by atoms with Crippen molar-refractivity contribution in [3.63, 3.8) is 0 Å². The Morgan fingerprint density at radius 1 is 1.31 bits per heavy atom. The molecule has 0 unspecified atom stereocenters. The van der Waals surface area contributed by atoms with E-state index in [2.05, 4.69) is 16.9 Å². The van der Waals surface area contributed by atoms with E-state index in [0.717, 1.165) is 37.1 Å². The van der Waals surface area contributed by atoms with Gasteiger partial charge in [0.05, 0.1) is 10.9 Å². The normalized spacial score (nSPS) is 16.7. The van der Waals surface area contributed by atoms with E-state index < -0.39 is 0 Å². The minimum Gasteiger partial charge on any atom is -0.339 e. The monoisotopic (exact) mass is 412 g/mol. The third kappa shape index (κ3) is 4.51. The van der Waals surface area contributed by atoms with Gasteiger partial charge in [-0.25, -0.2) is 9.07 Å². The summed E-state index contributed by atoms with van der Waals surface area (Å²) < 4.78 is 16.0. The van der Waals surface area contributed by atoms with Crippen molar-refractivity contribution in [2.24, 2.45) is 0 Å². The van der Waals surface area contributed by atoms with Crippen LogP contribution in [0.4, 0.5) is 4.39 Å². The summed E-state index contributed by atoms with van der Waals surface area (Å²) in [6.45, 7) is 8.48. The van der Waals surface area contributed by atoms with Crippen molar-refractivity contribution < 1.29 is 9.18 Å². The van der Waals surface area contributed by atoms with Crippen LogP contribution < -0.4 is 0 Å². The third-order valence-corrected chi connectivity index (χ3v) is 6.76. The summed E-state index contributed by atoms with van der Waals surface area (Å²) in [7, 11) is 0. The molecule has 140 valence electrons. The minimum absolute atomic E-state index is 0.139. The lowest BCUT2D eigenvalue weighted by Gasteiger charge is -2.35. The number of nitrogens with zero attached hydrogens (tertiary/aromatic N) is 4. The predicted molar refractivity (Wildman–Crippen MR) is 106 cm³/mol. The molecule has 0 spiro atoms. The van der Waals surface area contributed by atoms with Crippen LogP contribution >= 0.6 is 35.3 Å². The molecule has 26 heavy (non-hydrogen) atoms. The van der Waals surface area contributed by atoms with Gasteiger partial charge in [0.1, 0.15) is 5.82 Å². The molecule has 0 aliphatic carbocycles. The summed E-state index contributed by atoms with van der Waals surface area (Å²) in [5.74, 6) is -0.160. The molecule has 1 amide bonds. The Labute approximate surface area is 165 Å². The number of aromatic nitrogens is 2. The van der Waals surface area contributed by atoms with Crippen LogP contribution in [-0.4, -0.2) is 63.5 Å². The Hall–Kier alpha value is -1.29. The standard InChI is InChI=1S/C17H21FN4OS3/c1-3-20-8-10-21(11-9-20)15(23)12(2)25-16-19-22(17(24)26-16)14-6-4-13(18)5-7-14/h4-7,12H,3,8-11H2,1-2H3/t12-/m1/s1. The number of piperazine rings is 1. The van der Waals surface area contributed by atoms with E-state index in [4.69, 9.17) is 12.2 Å². The molecule has 0 saturated carbocycles. The van der Waals surface area contributed by atoms with Gasteiger partial charge in [0.15, 0.2) is 8.29 Å². The van der Waals surface area contributed by atoms with Gasteiger partial charge in [-0.1, -0.05) is 30.0 Å². The molecule has 2 heterocycles. The quantitative estimate of drug-likeness (QED) is 0.556. The summed E-state index contributed by atoms with van der Waals surface area (Å²) >= 11 is 8.16. The van der Waals surface area contributed by atoms with Crippen molar-refractivity contribution in [3.05, 3.63) is 34.0 Å². The molecule has 3 rings (SSSR count). The fourth-order valence-electron chi connectivity index (χ4n) is 2.80. The Kier molecular flexibility index (Phi) is 6.44. The highest BCUT2D eigenvalue weighted by Gasteiger charge is 2.26. The molecule has 1 fully saturated rings. The highest BCUT2D eigenvalue weighted by atomic mass is 32.2. The van der Waals surface area contributed by atoms with Crippen LogP contribution in [0.3, 0.4) is 0 Å². The largest absolute Gasteiger partial charge is 0.339 e. The average molecular weight is 413 g/mol. The zero-order valence-electron chi connectivity index (χ0n) is 14.7. The molecule has 0 bridgehead atoms. The topological polar surface area (TPSA) is 41.4 Å². The zero-order chi connectivity index (χ0) is 18.7. The number of halogens is 1. The number of thioether (sulfide) groups is 1. The van der Waals surface area contributed by atoms with Gasteiger partial charge >= 0.3 is 0 Å². The average Bonchev–Trinajstić information content (AvgIpc) is 3.02. The zero-order valence-corrected chi connectivity index (χ0v) is 17.2. The molecule has 1 aliphatic heterocycles. The predicted octanol–water partition coefficient (Wildman–Crippen LogP) is 3.45. The molecule has 1 aromatic carbocycles. The van der Waals surface area contributed by atoms with Gasteiger partial charge in [-0.15, -0.1) is 5.10 Å². The van der Waals surface area contributed by atoms with Crippen LogP contribution in [0.5, 0.6) is 0 Å². The molecule has 1 aliphatic rings. The van der Waals surface area contributed by atoms with Crippen LogP contribution in [0.2, 0.25) is 0 Å². The summed E-state index contributed by atoms with van der Waals surface area (Å²) in [6.07, 6.45) is 0. The van der Waals surface area contributed by atoms with Gasteiger partial charge in [-0.05, 0) is 50.0 Å². The summed E-state index contributed by atoms with van der Waals surface area (Å²) in [4.78, 5) is 17.0. The van der Waals surface area contributed by atoms with Crippen LogP contribution in [0.25, 0.3) is 5.69 Å². The van der Waals surface area contributed by atoms with E-state index in [1.54, 1.807) is 16.8 Å². The number of hydrogen-bond acceptors (Lipinski definition) is 6. The number of carbonyl (C=O) groups excluding carboxylic acids is 1. The summed E-state index contributed by atoms with van der Waals surface area (Å²) in [5, 5.41) is 4.28. The molecule has 1 saturated heterocycles. The molecule has 1 atom stereocenters. The second-order valence-corrected chi connectivity index (χ2v) is 9.25. The Morgan fingerprint density at radius 2 is 1.96 bits per heavy atom. The van der Waals surface area contributed by atoms with Gasteiger partial charge in [0.2, 0.25) is 5.91 Å². The summed E-state index contributed by atoms with van der Waals surface area (Å²) in [5.41, 5.74) is 0.717. The van der Waals surface area contributed by atoms with Crippen LogP contribution in [-0.2, 0) is 4.79 Å². The highest BCUT2D eigenvalue weighted by Crippen LogP contribution is 2.28. The molecule has 9 heteroatoms. The van der Waals surface area contributed by atoms with Gasteiger partial charge in [-0.2, -0.15) is 0 Å². The first-order valence-electron chi connectivity index (χ1n) is 8.52. The number of benzene rings is 1. The lowest BCUT2D eigenvalue weighted by molar-refractivity contribution is -0.132. The van der Waals surface area contributed by atoms with Gasteiger partial charge < -0.3 is 9.80 Å². The van der Waals surface area contributed by atoms with E-state index in [9.17, 15) is 9.18 Å². The fourth-order valence-corrected chi connectivity index (χ4v) is 5.39. The Morgan fingerprint density at radius 3 is 2.58 bits per heavy atom. The maximum atomic E-state index is 13.1. The fraction of sp³-hybridized carbons (Fsp3) is 0.471. The number of amides is 1. The van der Waals surface area contributed by atoms with E-state index in [1.165, 1.54) is 35.2 Å². The summed E-state index contributed by atoms with van der Waals surface area (Å²) in [6, 6.07) is 6.04. The first kappa shape index (κ1) is 19.5. The second-order valence-electron chi connectivity index (χ2n) is 6.04. The molecule has 0 radical (unpaired) electrons. The van der Waals surface area contributed by atoms with Crippen molar-refractivity contribution in [2.45, 2.75) is 23.4 Å². The maximum absolute atomic E-state index is 13.1. The van der Waals surface area contributed by atoms with Gasteiger partial charge in [0, 0.05) is 26.2 Å². The van der Waals surface area contributed by atoms with Crippen molar-refractivity contribution in [3.8, 4) is 5.69 Å². The smallest absolute Gasteiger partial charge is 0.235 e. The number of hydrogen-bond donors (Lipinski definition) is 0. The Bertz CT molecular complexity index is 812. The van der Waals surface area contributed by atoms with E-state index in [-0.39, 0.29) is 17.0 Å². The maximum Gasteiger partial charge on any atom is 0.235 e. The second kappa shape index (κ2) is 8.60. The first-order chi connectivity index (χ1) is 12.5. The SMILES string of the molecule is CCN1CCN(C(=O)[C@@H](C)Sc2nn(-c3ccc(F)cc3)c(=S)s2)CC1. The number of likely N-dealkylation sites (N-methyl/N-ethyl adjacent to an activating group) is 1. The van der Waals surface area contributed by atoms with Crippen molar-refractivity contribution in [1.82, 2.24) is 19.6 Å². The van der Waals surface area contributed by atoms with Crippen LogP contribution in [0.1, 0.15) is 13.8 Å². The van der Waals surface area contributed by atoms with Crippen molar-refractivity contribution >= 4 is 41.2 Å². The lowest BCUT2D eigenvalue weighted by atomic mass is 10.3. The van der Waals surface area contributed by atoms with Gasteiger partial charge in [0.25, 0.3) is 0 Å². The molecule has 5 nitrogen and oxygen atoms in total. The Balaban J connectivity index is 1.65. The highest BCUT2D eigenvalue weighted by molar-refractivity contribution is 8.02. The van der Waals surface area contributed by atoms with E-state index in [1.807, 2.05) is 11.8 Å². The first-order valence-corrected chi connectivity index (χ1v) is 10.6. The number of carbonyl (C=O) groups is 1. The van der Waals surface area contributed by atoms with E-state index in [0.29, 0.717) is 9.64 Å². The van der Waals surface area contributed by atoms with Crippen LogP contribution in [0, 0.1) is 9.77 Å². The number of rotatable bonds is 5. The lowest BCUT2D eigenvalue weighted by Crippen LogP contribution is -2.50.